The van der Waals surface area contributed by atoms with Crippen LogP contribution in [0.3, 0.4) is 0 Å². The second-order valence-corrected chi connectivity index (χ2v) is 4.11. The van der Waals surface area contributed by atoms with Crippen molar-refractivity contribution >= 4 is 11.9 Å². The van der Waals surface area contributed by atoms with E-state index in [0.29, 0.717) is 5.69 Å². The van der Waals surface area contributed by atoms with Gasteiger partial charge in [0.15, 0.2) is 0 Å². The van der Waals surface area contributed by atoms with Gasteiger partial charge in [0.25, 0.3) is 0 Å². The van der Waals surface area contributed by atoms with E-state index in [-0.39, 0.29) is 11.1 Å². The smallest absolute Gasteiger partial charge is 0.340 e. The van der Waals surface area contributed by atoms with Gasteiger partial charge in [-0.3, -0.25) is 4.98 Å². The first-order valence-corrected chi connectivity index (χ1v) is 5.87. The summed E-state index contributed by atoms with van der Waals surface area (Å²) in [5.74, 6) is -1.11. The summed E-state index contributed by atoms with van der Waals surface area (Å²) in [6, 6.07) is 5.09. The number of carbonyl (C=O) groups is 2. The molecule has 0 N–H and O–H groups in total. The van der Waals surface area contributed by atoms with Crippen LogP contribution in [-0.2, 0) is 16.5 Å². The summed E-state index contributed by atoms with van der Waals surface area (Å²) < 4.78 is 11.2. The van der Waals surface area contributed by atoms with Crippen molar-refractivity contribution in [1.82, 2.24) is 9.55 Å². The van der Waals surface area contributed by atoms with Gasteiger partial charge in [-0.05, 0) is 18.2 Å². The highest BCUT2D eigenvalue weighted by Crippen LogP contribution is 2.23. The molecule has 20 heavy (non-hydrogen) atoms. The Balaban J connectivity index is 2.60. The van der Waals surface area contributed by atoms with Crippen LogP contribution >= 0.6 is 0 Å². The third-order valence-electron chi connectivity index (χ3n) is 2.90. The number of pyridine rings is 1. The highest BCUT2D eigenvalue weighted by molar-refractivity contribution is 5.99. The summed E-state index contributed by atoms with van der Waals surface area (Å²) in [7, 11) is 4.39. The Morgan fingerprint density at radius 3 is 2.45 bits per heavy atom. The minimum atomic E-state index is -0.556. The summed E-state index contributed by atoms with van der Waals surface area (Å²) in [5, 5.41) is 0. The highest BCUT2D eigenvalue weighted by Gasteiger charge is 2.19. The maximum Gasteiger partial charge on any atom is 0.340 e. The second kappa shape index (κ2) is 5.56. The Morgan fingerprint density at radius 2 is 1.90 bits per heavy atom. The van der Waals surface area contributed by atoms with Gasteiger partial charge in [0.05, 0.1) is 31.0 Å². The van der Waals surface area contributed by atoms with Gasteiger partial charge in [-0.15, -0.1) is 0 Å². The molecule has 6 heteroatoms. The summed E-state index contributed by atoms with van der Waals surface area (Å²) in [5.41, 5.74) is 1.63. The molecule has 2 heterocycles. The predicted molar refractivity (Wildman–Crippen MR) is 71.3 cm³/mol. The largest absolute Gasteiger partial charge is 0.465 e. The maximum atomic E-state index is 11.9. The fourth-order valence-electron chi connectivity index (χ4n) is 1.87. The monoisotopic (exact) mass is 274 g/mol. The van der Waals surface area contributed by atoms with Crippen LogP contribution < -0.4 is 0 Å². The van der Waals surface area contributed by atoms with Crippen molar-refractivity contribution in [2.45, 2.75) is 0 Å². The molecule has 0 aliphatic heterocycles. The van der Waals surface area contributed by atoms with Crippen molar-refractivity contribution in [2.75, 3.05) is 14.2 Å². The van der Waals surface area contributed by atoms with Crippen LogP contribution in [0.2, 0.25) is 0 Å². The normalized spacial score (nSPS) is 10.2. The Morgan fingerprint density at radius 1 is 1.20 bits per heavy atom. The average molecular weight is 274 g/mol. The molecule has 0 bridgehead atoms. The Labute approximate surface area is 116 Å². The lowest BCUT2D eigenvalue weighted by Gasteiger charge is -2.09. The number of methoxy groups -OCH3 is 2. The molecule has 0 radical (unpaired) electrons. The molecule has 0 amide bonds. The average Bonchev–Trinajstić information content (AvgIpc) is 2.91. The van der Waals surface area contributed by atoms with E-state index in [2.05, 4.69) is 9.72 Å². The standard InChI is InChI=1S/C14H14N2O4/c1-16-6-4-5-11(16)12-10(14(18)20-3)7-9(8-15-12)13(17)19-2/h4-8H,1-3H3. The van der Waals surface area contributed by atoms with E-state index >= 15 is 0 Å². The Bertz CT molecular complexity index is 661. The molecule has 104 valence electrons. The Hall–Kier alpha value is -2.63. The second-order valence-electron chi connectivity index (χ2n) is 4.11. The van der Waals surface area contributed by atoms with Crippen molar-refractivity contribution in [3.05, 3.63) is 41.7 Å². The molecular weight excluding hydrogens is 260 g/mol. The van der Waals surface area contributed by atoms with Gasteiger partial charge in [0.2, 0.25) is 0 Å². The number of rotatable bonds is 3. The van der Waals surface area contributed by atoms with Crippen molar-refractivity contribution in [3.8, 4) is 11.4 Å². The van der Waals surface area contributed by atoms with Gasteiger partial charge in [-0.25, -0.2) is 9.59 Å². The molecule has 0 unspecified atom stereocenters. The predicted octanol–water partition coefficient (Wildman–Crippen LogP) is 1.66. The molecule has 2 aromatic rings. The molecular formula is C14H14N2O4. The fourth-order valence-corrected chi connectivity index (χ4v) is 1.87. The minimum absolute atomic E-state index is 0.200. The van der Waals surface area contributed by atoms with E-state index in [4.69, 9.17) is 4.74 Å². The van der Waals surface area contributed by atoms with Crippen molar-refractivity contribution in [2.24, 2.45) is 7.05 Å². The van der Waals surface area contributed by atoms with Crippen LogP contribution in [0.25, 0.3) is 11.4 Å². The lowest BCUT2D eigenvalue weighted by Crippen LogP contribution is -2.10. The zero-order chi connectivity index (χ0) is 14.7. The van der Waals surface area contributed by atoms with Crippen molar-refractivity contribution in [1.29, 1.82) is 0 Å². The van der Waals surface area contributed by atoms with Gasteiger partial charge in [-0.2, -0.15) is 0 Å². The molecule has 0 saturated carbocycles. The van der Waals surface area contributed by atoms with E-state index in [1.165, 1.54) is 26.5 Å². The minimum Gasteiger partial charge on any atom is -0.465 e. The quantitative estimate of drug-likeness (QED) is 0.796. The van der Waals surface area contributed by atoms with Gasteiger partial charge < -0.3 is 14.0 Å². The zero-order valence-electron chi connectivity index (χ0n) is 11.4. The first-order chi connectivity index (χ1) is 9.58. The van der Waals surface area contributed by atoms with E-state index < -0.39 is 11.9 Å². The number of aromatic nitrogens is 2. The first kappa shape index (κ1) is 13.8. The number of ether oxygens (including phenoxy) is 2. The number of hydrogen-bond donors (Lipinski definition) is 0. The van der Waals surface area contributed by atoms with Crippen LogP contribution in [0, 0.1) is 0 Å². The third-order valence-corrected chi connectivity index (χ3v) is 2.90. The van der Waals surface area contributed by atoms with Crippen LogP contribution in [0.15, 0.2) is 30.6 Å². The molecule has 0 atom stereocenters. The molecule has 2 rings (SSSR count). The molecule has 0 fully saturated rings. The summed E-state index contributed by atoms with van der Waals surface area (Å²) in [4.78, 5) is 27.6. The lowest BCUT2D eigenvalue weighted by atomic mass is 10.1. The molecule has 0 aliphatic carbocycles. The molecule has 0 aliphatic rings. The van der Waals surface area contributed by atoms with Gasteiger partial charge in [0, 0.05) is 19.4 Å². The van der Waals surface area contributed by atoms with E-state index in [1.807, 2.05) is 29.9 Å². The van der Waals surface area contributed by atoms with Gasteiger partial charge in [0.1, 0.15) is 5.69 Å². The van der Waals surface area contributed by atoms with Gasteiger partial charge >= 0.3 is 11.9 Å². The number of nitrogens with zero attached hydrogens (tertiary/aromatic N) is 2. The Kier molecular flexibility index (Phi) is 3.84. The van der Waals surface area contributed by atoms with Crippen LogP contribution in [0.4, 0.5) is 0 Å². The number of aryl methyl sites for hydroxylation is 1. The summed E-state index contributed by atoms with van der Waals surface area (Å²) in [6.07, 6.45) is 3.22. The SMILES string of the molecule is COC(=O)c1cnc(-c2cccn2C)c(C(=O)OC)c1. The third kappa shape index (κ3) is 2.40. The molecule has 0 spiro atoms. The molecule has 6 nitrogen and oxygen atoms in total. The lowest BCUT2D eigenvalue weighted by molar-refractivity contribution is 0.0599. The summed E-state index contributed by atoms with van der Waals surface area (Å²) >= 11 is 0. The van der Waals surface area contributed by atoms with Crippen molar-refractivity contribution in [3.63, 3.8) is 0 Å². The zero-order valence-corrected chi connectivity index (χ0v) is 11.4. The number of carbonyl (C=O) groups excluding carboxylic acids is 2. The molecule has 0 saturated heterocycles. The van der Waals surface area contributed by atoms with Crippen LogP contribution in [0.5, 0.6) is 0 Å². The topological polar surface area (TPSA) is 70.4 Å². The van der Waals surface area contributed by atoms with Gasteiger partial charge in [-0.1, -0.05) is 0 Å². The van der Waals surface area contributed by atoms with E-state index in [1.54, 1.807) is 0 Å². The molecule has 2 aromatic heterocycles. The van der Waals surface area contributed by atoms with Crippen LogP contribution in [-0.4, -0.2) is 35.7 Å². The fraction of sp³-hybridized carbons (Fsp3) is 0.214. The summed E-state index contributed by atoms with van der Waals surface area (Å²) in [6.45, 7) is 0. The number of hydrogen-bond acceptors (Lipinski definition) is 5. The number of esters is 2. The highest BCUT2D eigenvalue weighted by atomic mass is 16.5. The van der Waals surface area contributed by atoms with E-state index in [9.17, 15) is 9.59 Å². The first-order valence-electron chi connectivity index (χ1n) is 5.87. The molecule has 0 aromatic carbocycles. The van der Waals surface area contributed by atoms with Crippen LogP contribution in [0.1, 0.15) is 20.7 Å². The maximum absolute atomic E-state index is 11.9. The van der Waals surface area contributed by atoms with Crippen molar-refractivity contribution < 1.29 is 19.1 Å². The van der Waals surface area contributed by atoms with E-state index in [0.717, 1.165) is 5.69 Å².